The molecule has 1 aromatic rings. The first-order valence-electron chi connectivity index (χ1n) is 5.99. The number of ether oxygens (including phenoxy) is 2. The second kappa shape index (κ2) is 7.98. The molecule has 1 aromatic carbocycles. The van der Waals surface area contributed by atoms with Gasteiger partial charge in [-0.15, -0.1) is 0 Å². The summed E-state index contributed by atoms with van der Waals surface area (Å²) in [6, 6.07) is 7.50. The Morgan fingerprint density at radius 1 is 1.06 bits per heavy atom. The van der Waals surface area contributed by atoms with Gasteiger partial charge in [-0.05, 0) is 18.9 Å². The molecule has 17 heavy (non-hydrogen) atoms. The summed E-state index contributed by atoms with van der Waals surface area (Å²) in [6.45, 7) is 6.24. The van der Waals surface area contributed by atoms with E-state index in [1.807, 2.05) is 24.3 Å². The summed E-state index contributed by atoms with van der Waals surface area (Å²) in [5.41, 5.74) is 1.81. The average Bonchev–Trinajstić information content (AvgIpc) is 2.34. The lowest BCUT2D eigenvalue weighted by molar-refractivity contribution is 0.0408. The molecule has 94 valence electrons. The van der Waals surface area contributed by atoms with Crippen LogP contribution in [0.15, 0.2) is 24.3 Å². The summed E-state index contributed by atoms with van der Waals surface area (Å²) in [6.07, 6.45) is 1.03. The number of carbonyl (C=O) groups is 1. The van der Waals surface area contributed by atoms with Gasteiger partial charge in [0, 0.05) is 12.2 Å². The van der Waals surface area contributed by atoms with Crippen LogP contribution in [0.1, 0.15) is 36.2 Å². The fraction of sp³-hybridized carbons (Fsp3) is 0.500. The molecule has 0 heterocycles. The number of ketones is 1. The highest BCUT2D eigenvalue weighted by Gasteiger charge is 1.99. The standard InChI is InChI=1S/C14H20O3/c1-3-8-16-9-10-17-11-13-4-6-14(7-5-13)12(2)15/h4-7H,3,8-11H2,1-2H3. The molecule has 3 nitrogen and oxygen atoms in total. The van der Waals surface area contributed by atoms with Crippen molar-refractivity contribution < 1.29 is 14.3 Å². The topological polar surface area (TPSA) is 35.5 Å². The molecule has 0 aliphatic heterocycles. The van der Waals surface area contributed by atoms with Crippen molar-refractivity contribution in [1.29, 1.82) is 0 Å². The molecule has 0 fully saturated rings. The molecule has 0 atom stereocenters. The monoisotopic (exact) mass is 236 g/mol. The summed E-state index contributed by atoms with van der Waals surface area (Å²) in [5, 5.41) is 0. The lowest BCUT2D eigenvalue weighted by Crippen LogP contribution is -2.05. The van der Waals surface area contributed by atoms with Gasteiger partial charge in [-0.3, -0.25) is 4.79 Å². The summed E-state index contributed by atoms with van der Waals surface area (Å²) < 4.78 is 10.8. The quantitative estimate of drug-likeness (QED) is 0.514. The minimum absolute atomic E-state index is 0.0884. The Kier molecular flexibility index (Phi) is 6.51. The molecule has 0 bridgehead atoms. The third-order valence-corrected chi connectivity index (χ3v) is 2.35. The number of carbonyl (C=O) groups excluding carboxylic acids is 1. The third kappa shape index (κ3) is 5.61. The van der Waals surface area contributed by atoms with Gasteiger partial charge in [-0.25, -0.2) is 0 Å². The van der Waals surface area contributed by atoms with Gasteiger partial charge < -0.3 is 9.47 Å². The number of rotatable bonds is 8. The van der Waals surface area contributed by atoms with Gasteiger partial charge in [-0.2, -0.15) is 0 Å². The SMILES string of the molecule is CCCOCCOCc1ccc(C(C)=O)cc1. The van der Waals surface area contributed by atoms with Crippen LogP contribution in [0.2, 0.25) is 0 Å². The first-order valence-corrected chi connectivity index (χ1v) is 5.99. The molecule has 0 aliphatic carbocycles. The highest BCUT2D eigenvalue weighted by atomic mass is 16.5. The molecule has 0 saturated heterocycles. The van der Waals surface area contributed by atoms with E-state index in [1.54, 1.807) is 6.92 Å². The molecular weight excluding hydrogens is 216 g/mol. The van der Waals surface area contributed by atoms with E-state index in [1.165, 1.54) is 0 Å². The van der Waals surface area contributed by atoms with Crippen LogP contribution in [0, 0.1) is 0 Å². The molecule has 0 saturated carbocycles. The van der Waals surface area contributed by atoms with Crippen molar-refractivity contribution in [3.63, 3.8) is 0 Å². The molecule has 3 heteroatoms. The second-order valence-electron chi connectivity index (χ2n) is 3.92. The maximum atomic E-state index is 11.1. The van der Waals surface area contributed by atoms with Crippen molar-refractivity contribution in [2.45, 2.75) is 26.9 Å². The van der Waals surface area contributed by atoms with E-state index in [4.69, 9.17) is 9.47 Å². The maximum Gasteiger partial charge on any atom is 0.159 e. The van der Waals surface area contributed by atoms with E-state index >= 15 is 0 Å². The van der Waals surface area contributed by atoms with Crippen molar-refractivity contribution in [1.82, 2.24) is 0 Å². The van der Waals surface area contributed by atoms with Gasteiger partial charge >= 0.3 is 0 Å². The van der Waals surface area contributed by atoms with Gasteiger partial charge in [0.25, 0.3) is 0 Å². The van der Waals surface area contributed by atoms with Crippen LogP contribution in [0.25, 0.3) is 0 Å². The first-order chi connectivity index (χ1) is 8.24. The Bertz CT molecular complexity index is 330. The summed E-state index contributed by atoms with van der Waals surface area (Å²) in [7, 11) is 0. The lowest BCUT2D eigenvalue weighted by atomic mass is 10.1. The fourth-order valence-electron chi connectivity index (χ4n) is 1.39. The zero-order valence-electron chi connectivity index (χ0n) is 10.6. The van der Waals surface area contributed by atoms with E-state index in [9.17, 15) is 4.79 Å². The van der Waals surface area contributed by atoms with Crippen molar-refractivity contribution >= 4 is 5.78 Å². The van der Waals surface area contributed by atoms with Gasteiger partial charge in [0.1, 0.15) is 0 Å². The minimum Gasteiger partial charge on any atom is -0.379 e. The predicted molar refractivity (Wildman–Crippen MR) is 67.2 cm³/mol. The third-order valence-electron chi connectivity index (χ3n) is 2.35. The summed E-state index contributed by atoms with van der Waals surface area (Å²) >= 11 is 0. The first kappa shape index (κ1) is 13.9. The Balaban J connectivity index is 2.21. The minimum atomic E-state index is 0.0884. The lowest BCUT2D eigenvalue weighted by Gasteiger charge is -2.05. The largest absolute Gasteiger partial charge is 0.379 e. The molecule has 0 radical (unpaired) electrons. The Hall–Kier alpha value is -1.19. The van der Waals surface area contributed by atoms with E-state index in [-0.39, 0.29) is 5.78 Å². The van der Waals surface area contributed by atoms with Gasteiger partial charge in [0.2, 0.25) is 0 Å². The van der Waals surface area contributed by atoms with Crippen LogP contribution < -0.4 is 0 Å². The number of benzene rings is 1. The van der Waals surface area contributed by atoms with Crippen LogP contribution in [0.5, 0.6) is 0 Å². The summed E-state index contributed by atoms with van der Waals surface area (Å²) in [4.78, 5) is 11.1. The Morgan fingerprint density at radius 3 is 2.29 bits per heavy atom. The molecule has 1 rings (SSSR count). The number of hydrogen-bond acceptors (Lipinski definition) is 3. The number of Topliss-reactive ketones (excluding diaryl/α,β-unsaturated/α-hetero) is 1. The fourth-order valence-corrected chi connectivity index (χ4v) is 1.39. The molecule has 0 aliphatic rings. The smallest absolute Gasteiger partial charge is 0.159 e. The second-order valence-corrected chi connectivity index (χ2v) is 3.92. The highest BCUT2D eigenvalue weighted by Crippen LogP contribution is 2.06. The van der Waals surface area contributed by atoms with Crippen molar-refractivity contribution in [3.05, 3.63) is 35.4 Å². The maximum absolute atomic E-state index is 11.1. The molecule has 0 N–H and O–H groups in total. The van der Waals surface area contributed by atoms with Crippen molar-refractivity contribution in [3.8, 4) is 0 Å². The Labute approximate surface area is 103 Å². The highest BCUT2D eigenvalue weighted by molar-refractivity contribution is 5.93. The van der Waals surface area contributed by atoms with Gasteiger partial charge in [-0.1, -0.05) is 31.2 Å². The zero-order valence-corrected chi connectivity index (χ0v) is 10.6. The number of hydrogen-bond donors (Lipinski definition) is 0. The van der Waals surface area contributed by atoms with Crippen LogP contribution >= 0.6 is 0 Å². The average molecular weight is 236 g/mol. The molecule has 0 spiro atoms. The van der Waals surface area contributed by atoms with Crippen LogP contribution in [0.3, 0.4) is 0 Å². The molecule has 0 amide bonds. The van der Waals surface area contributed by atoms with Crippen LogP contribution in [0.4, 0.5) is 0 Å². The van der Waals surface area contributed by atoms with Crippen molar-refractivity contribution in [2.24, 2.45) is 0 Å². The van der Waals surface area contributed by atoms with Crippen LogP contribution in [-0.2, 0) is 16.1 Å². The van der Waals surface area contributed by atoms with Crippen LogP contribution in [-0.4, -0.2) is 25.6 Å². The van der Waals surface area contributed by atoms with Gasteiger partial charge in [0.15, 0.2) is 5.78 Å². The van der Waals surface area contributed by atoms with Gasteiger partial charge in [0.05, 0.1) is 19.8 Å². The van der Waals surface area contributed by atoms with E-state index in [0.717, 1.165) is 24.2 Å². The Morgan fingerprint density at radius 2 is 1.71 bits per heavy atom. The van der Waals surface area contributed by atoms with E-state index in [0.29, 0.717) is 19.8 Å². The summed E-state index contributed by atoms with van der Waals surface area (Å²) in [5.74, 6) is 0.0884. The zero-order chi connectivity index (χ0) is 12.5. The van der Waals surface area contributed by atoms with E-state index < -0.39 is 0 Å². The predicted octanol–water partition coefficient (Wildman–Crippen LogP) is 2.83. The normalized spacial score (nSPS) is 10.5. The van der Waals surface area contributed by atoms with E-state index in [2.05, 4.69) is 6.92 Å². The molecule has 0 unspecified atom stereocenters. The van der Waals surface area contributed by atoms with Crippen molar-refractivity contribution in [2.75, 3.05) is 19.8 Å². The molecular formula is C14H20O3. The molecule has 0 aromatic heterocycles.